The van der Waals surface area contributed by atoms with Gasteiger partial charge in [0, 0.05) is 5.54 Å². The molecular formula is C25H50N2. The third-order valence-electron chi connectivity index (χ3n) is 7.27. The number of fused-ring (bicyclic) bond motifs is 2. The molecule has 27 heavy (non-hydrogen) atoms. The molecule has 3 N–H and O–H groups in total. The van der Waals surface area contributed by atoms with Crippen LogP contribution in [0.1, 0.15) is 124 Å². The quantitative estimate of drug-likeness (QED) is 0.345. The lowest BCUT2D eigenvalue weighted by molar-refractivity contribution is -0.0283. The van der Waals surface area contributed by atoms with Crippen LogP contribution in [0, 0.1) is 16.7 Å². The second-order valence-electron chi connectivity index (χ2n) is 11.6. The highest BCUT2D eigenvalue weighted by Crippen LogP contribution is 2.57. The lowest BCUT2D eigenvalue weighted by atomic mass is 9.52. The van der Waals surface area contributed by atoms with Crippen LogP contribution in [-0.2, 0) is 0 Å². The molecule has 160 valence electrons. The maximum atomic E-state index is 5.54. The summed E-state index contributed by atoms with van der Waals surface area (Å²) in [4.78, 5) is 0. The highest BCUT2D eigenvalue weighted by Gasteiger charge is 2.49. The van der Waals surface area contributed by atoms with Gasteiger partial charge in [0.15, 0.2) is 0 Å². The summed E-state index contributed by atoms with van der Waals surface area (Å²) in [6.07, 6.45) is 20.9. The molecule has 3 atom stereocenters. The van der Waals surface area contributed by atoms with Crippen LogP contribution >= 0.6 is 0 Å². The molecule has 0 saturated heterocycles. The Morgan fingerprint density at radius 3 is 1.81 bits per heavy atom. The summed E-state index contributed by atoms with van der Waals surface area (Å²) in [5, 5.41) is 4.00. The van der Waals surface area contributed by atoms with Gasteiger partial charge in [0.25, 0.3) is 0 Å². The van der Waals surface area contributed by atoms with Crippen molar-refractivity contribution in [2.24, 2.45) is 22.5 Å². The van der Waals surface area contributed by atoms with Crippen LogP contribution in [0.25, 0.3) is 0 Å². The molecule has 0 aliphatic heterocycles. The zero-order valence-electron chi connectivity index (χ0n) is 19.2. The first-order valence-electron chi connectivity index (χ1n) is 12.2. The van der Waals surface area contributed by atoms with Crippen LogP contribution in [0.5, 0.6) is 0 Å². The molecule has 3 unspecified atom stereocenters. The van der Waals surface area contributed by atoms with Crippen molar-refractivity contribution in [3.8, 4) is 0 Å². The minimum absolute atomic E-state index is 0.387. The summed E-state index contributed by atoms with van der Waals surface area (Å²) in [7, 11) is 0. The molecule has 2 bridgehead atoms. The number of unbranched alkanes of at least 4 members (excludes halogenated alkanes) is 9. The van der Waals surface area contributed by atoms with E-state index in [1.807, 2.05) is 0 Å². The monoisotopic (exact) mass is 378 g/mol. The molecule has 2 heteroatoms. The molecule has 0 aromatic heterocycles. The summed E-state index contributed by atoms with van der Waals surface area (Å²) in [5.41, 5.74) is 7.05. The van der Waals surface area contributed by atoms with E-state index in [1.54, 1.807) is 0 Å². The molecule has 0 amide bonds. The van der Waals surface area contributed by atoms with E-state index >= 15 is 0 Å². The highest BCUT2D eigenvalue weighted by molar-refractivity contribution is 5.04. The maximum absolute atomic E-state index is 5.54. The lowest BCUT2D eigenvalue weighted by Gasteiger charge is -2.56. The third kappa shape index (κ3) is 8.44. The van der Waals surface area contributed by atoms with Crippen LogP contribution in [-0.4, -0.2) is 18.6 Å². The molecule has 2 rings (SSSR count). The second-order valence-corrected chi connectivity index (χ2v) is 11.6. The van der Waals surface area contributed by atoms with Crippen molar-refractivity contribution in [3.63, 3.8) is 0 Å². The largest absolute Gasteiger partial charge is 0.330 e. The van der Waals surface area contributed by atoms with Crippen molar-refractivity contribution in [2.75, 3.05) is 13.1 Å². The van der Waals surface area contributed by atoms with Crippen LogP contribution < -0.4 is 11.1 Å². The Morgan fingerprint density at radius 2 is 1.26 bits per heavy atom. The molecule has 2 saturated carbocycles. The van der Waals surface area contributed by atoms with Gasteiger partial charge in [-0.25, -0.2) is 0 Å². The van der Waals surface area contributed by atoms with Gasteiger partial charge in [0.2, 0.25) is 0 Å². The van der Waals surface area contributed by atoms with Gasteiger partial charge >= 0.3 is 0 Å². The molecule has 0 spiro atoms. The second kappa shape index (κ2) is 10.6. The average molecular weight is 379 g/mol. The van der Waals surface area contributed by atoms with E-state index in [-0.39, 0.29) is 0 Å². The predicted octanol–water partition coefficient (Wildman–Crippen LogP) is 6.82. The average Bonchev–Trinajstić information content (AvgIpc) is 2.52. The van der Waals surface area contributed by atoms with E-state index in [0.717, 1.165) is 12.5 Å². The summed E-state index contributed by atoms with van der Waals surface area (Å²) in [6, 6.07) is 0. The number of hydrogen-bond donors (Lipinski definition) is 2. The van der Waals surface area contributed by atoms with Crippen molar-refractivity contribution in [1.82, 2.24) is 5.32 Å². The Bertz CT molecular complexity index is 417. The molecule has 0 aromatic carbocycles. The minimum Gasteiger partial charge on any atom is -0.330 e. The summed E-state index contributed by atoms with van der Waals surface area (Å²) < 4.78 is 0. The van der Waals surface area contributed by atoms with Gasteiger partial charge in [0.05, 0.1) is 0 Å². The topological polar surface area (TPSA) is 38.0 Å². The Balaban J connectivity index is 1.52. The van der Waals surface area contributed by atoms with Crippen molar-refractivity contribution in [3.05, 3.63) is 0 Å². The molecule has 0 heterocycles. The number of nitrogens with one attached hydrogen (secondary N) is 1. The molecule has 0 radical (unpaired) electrons. The molecule has 2 nitrogen and oxygen atoms in total. The maximum Gasteiger partial charge on any atom is 0.0161 e. The van der Waals surface area contributed by atoms with E-state index in [4.69, 9.17) is 5.73 Å². The van der Waals surface area contributed by atoms with Crippen molar-refractivity contribution in [1.29, 1.82) is 0 Å². The Hall–Kier alpha value is -0.0800. The van der Waals surface area contributed by atoms with Crippen LogP contribution in [0.15, 0.2) is 0 Å². The number of nitrogens with two attached hydrogens (primary N) is 1. The molecule has 0 aromatic rings. The van der Waals surface area contributed by atoms with Crippen molar-refractivity contribution in [2.45, 2.75) is 130 Å². The van der Waals surface area contributed by atoms with Gasteiger partial charge in [-0.2, -0.15) is 0 Å². The summed E-state index contributed by atoms with van der Waals surface area (Å²) >= 11 is 0. The summed E-state index contributed by atoms with van der Waals surface area (Å²) in [6.45, 7) is 12.2. The normalized spacial score (nSPS) is 32.6. The smallest absolute Gasteiger partial charge is 0.0161 e. The molecule has 2 fully saturated rings. The predicted molar refractivity (Wildman–Crippen MR) is 120 cm³/mol. The Morgan fingerprint density at radius 1 is 0.704 bits per heavy atom. The van der Waals surface area contributed by atoms with Gasteiger partial charge in [-0.3, -0.25) is 0 Å². The first-order valence-corrected chi connectivity index (χ1v) is 12.2. The number of rotatable bonds is 13. The van der Waals surface area contributed by atoms with Gasteiger partial charge < -0.3 is 11.1 Å². The molecular weight excluding hydrogens is 328 g/mol. The van der Waals surface area contributed by atoms with E-state index in [1.165, 1.54) is 103 Å². The van der Waals surface area contributed by atoms with E-state index < -0.39 is 0 Å². The number of hydrogen-bond acceptors (Lipinski definition) is 2. The zero-order chi connectivity index (χ0) is 19.8. The van der Waals surface area contributed by atoms with Crippen molar-refractivity contribution >= 4 is 0 Å². The Labute approximate surface area is 170 Å². The third-order valence-corrected chi connectivity index (χ3v) is 7.27. The van der Waals surface area contributed by atoms with E-state index in [9.17, 15) is 0 Å². The van der Waals surface area contributed by atoms with Gasteiger partial charge in [-0.15, -0.1) is 0 Å². The van der Waals surface area contributed by atoms with E-state index in [0.29, 0.717) is 16.4 Å². The summed E-state index contributed by atoms with van der Waals surface area (Å²) in [5.74, 6) is 0.940. The first kappa shape index (κ1) is 23.2. The molecule has 2 aliphatic rings. The lowest BCUT2D eigenvalue weighted by Crippen LogP contribution is -2.55. The highest BCUT2D eigenvalue weighted by atomic mass is 15.0. The van der Waals surface area contributed by atoms with Gasteiger partial charge in [-0.1, -0.05) is 72.1 Å². The van der Waals surface area contributed by atoms with Crippen LogP contribution in [0.3, 0.4) is 0 Å². The Kier molecular flexibility index (Phi) is 9.13. The van der Waals surface area contributed by atoms with Crippen LogP contribution in [0.2, 0.25) is 0 Å². The zero-order valence-corrected chi connectivity index (χ0v) is 19.2. The first-order chi connectivity index (χ1) is 12.8. The van der Waals surface area contributed by atoms with E-state index in [2.05, 4.69) is 33.0 Å². The minimum atomic E-state index is 0.387. The standard InChI is InChI=1S/C25H50N2/c1-23(2)17-22-18-24(3,20-23)21-25(4,19-22)27-16-14-12-10-8-6-5-7-9-11-13-15-26/h22,27H,5-21,26H2,1-4H3. The SMILES string of the molecule is CC1(C)CC2CC(C)(C1)CC(C)(NCCCCCCCCCCCCN)C2. The van der Waals surface area contributed by atoms with Crippen molar-refractivity contribution < 1.29 is 0 Å². The fraction of sp³-hybridized carbons (Fsp3) is 1.00. The fourth-order valence-corrected chi connectivity index (χ4v) is 6.99. The van der Waals surface area contributed by atoms with Crippen LogP contribution in [0.4, 0.5) is 0 Å². The fourth-order valence-electron chi connectivity index (χ4n) is 6.99. The van der Waals surface area contributed by atoms with Gasteiger partial charge in [-0.05, 0) is 81.7 Å². The molecule has 2 aliphatic carbocycles. The van der Waals surface area contributed by atoms with Gasteiger partial charge in [0.1, 0.15) is 0 Å².